The topological polar surface area (TPSA) is 61.8 Å². The van der Waals surface area contributed by atoms with Crippen molar-refractivity contribution in [2.24, 2.45) is 0 Å². The lowest BCUT2D eigenvalue weighted by Crippen LogP contribution is -2.38. The Morgan fingerprint density at radius 1 is 1.35 bits per heavy atom. The highest BCUT2D eigenvalue weighted by atomic mass is 16.6. The zero-order valence-corrected chi connectivity index (χ0v) is 9.71. The quantitative estimate of drug-likeness (QED) is 0.405. The first kappa shape index (κ1) is 13.3. The monoisotopic (exact) mass is 238 g/mol. The van der Waals surface area contributed by atoms with Crippen molar-refractivity contribution in [1.29, 1.82) is 0 Å². The lowest BCUT2D eigenvalue weighted by atomic mass is 10.1. The summed E-state index contributed by atoms with van der Waals surface area (Å²) in [5, 5.41) is 0. The lowest BCUT2D eigenvalue weighted by molar-refractivity contribution is -0.154. The predicted octanol–water partition coefficient (Wildman–Crippen LogP) is 0.438. The molecule has 1 aliphatic rings. The molecule has 5 nitrogen and oxygen atoms in total. The van der Waals surface area contributed by atoms with Crippen LogP contribution in [-0.2, 0) is 23.8 Å². The van der Waals surface area contributed by atoms with Gasteiger partial charge < -0.3 is 14.2 Å². The second-order valence-electron chi connectivity index (χ2n) is 3.52. The summed E-state index contributed by atoms with van der Waals surface area (Å²) in [6.07, 6.45) is 6.91. The number of terminal acetylenes is 1. The first-order valence-corrected chi connectivity index (χ1v) is 5.13. The number of hydrogen-bond acceptors (Lipinski definition) is 5. The normalized spacial score (nSPS) is 27.0. The van der Waals surface area contributed by atoms with Crippen molar-refractivity contribution in [2.45, 2.75) is 32.2 Å². The molecule has 0 N–H and O–H groups in total. The van der Waals surface area contributed by atoms with Gasteiger partial charge in [0.05, 0.1) is 0 Å². The molecule has 3 atom stereocenters. The van der Waals surface area contributed by atoms with Gasteiger partial charge in [-0.1, -0.05) is 12.0 Å². The van der Waals surface area contributed by atoms with Gasteiger partial charge in [0.25, 0.3) is 0 Å². The average Bonchev–Trinajstić information content (AvgIpc) is 2.26. The molecular weight excluding hydrogens is 224 g/mol. The van der Waals surface area contributed by atoms with E-state index >= 15 is 0 Å². The van der Waals surface area contributed by atoms with E-state index in [0.29, 0.717) is 0 Å². The van der Waals surface area contributed by atoms with Crippen LogP contribution in [0.4, 0.5) is 0 Å². The van der Waals surface area contributed by atoms with Crippen LogP contribution in [0.15, 0.2) is 12.2 Å². The number of carbonyl (C=O) groups excluding carboxylic acids is 2. The highest BCUT2D eigenvalue weighted by molar-refractivity contribution is 5.66. The Kier molecular flexibility index (Phi) is 4.73. The Hall–Kier alpha value is -1.80. The maximum atomic E-state index is 10.8. The molecule has 0 aromatic rings. The van der Waals surface area contributed by atoms with Crippen LogP contribution in [0.1, 0.15) is 13.8 Å². The highest BCUT2D eigenvalue weighted by Crippen LogP contribution is 2.16. The van der Waals surface area contributed by atoms with Crippen LogP contribution >= 0.6 is 0 Å². The minimum absolute atomic E-state index is 0.0941. The number of ether oxygens (including phenoxy) is 3. The van der Waals surface area contributed by atoms with E-state index in [1.807, 2.05) is 0 Å². The molecule has 1 rings (SSSR count). The van der Waals surface area contributed by atoms with Crippen LogP contribution in [0.3, 0.4) is 0 Å². The first-order valence-electron chi connectivity index (χ1n) is 5.13. The average molecular weight is 238 g/mol. The van der Waals surface area contributed by atoms with Gasteiger partial charge in [0, 0.05) is 13.8 Å². The number of carbonyl (C=O) groups is 2. The molecule has 92 valence electrons. The Morgan fingerprint density at radius 3 is 2.59 bits per heavy atom. The Morgan fingerprint density at radius 2 is 2.06 bits per heavy atom. The van der Waals surface area contributed by atoms with Gasteiger partial charge >= 0.3 is 11.9 Å². The molecule has 0 aromatic carbocycles. The van der Waals surface area contributed by atoms with Gasteiger partial charge in [0.1, 0.15) is 12.7 Å². The van der Waals surface area contributed by atoms with Gasteiger partial charge in [-0.05, 0) is 6.08 Å². The summed E-state index contributed by atoms with van der Waals surface area (Å²) in [5.41, 5.74) is 0. The molecule has 1 aliphatic heterocycles. The Labute approximate surface area is 99.7 Å². The van der Waals surface area contributed by atoms with E-state index < -0.39 is 24.3 Å². The first-order chi connectivity index (χ1) is 8.02. The minimum atomic E-state index is -0.663. The number of hydrogen-bond donors (Lipinski definition) is 0. The number of rotatable bonds is 3. The minimum Gasteiger partial charge on any atom is -0.463 e. The van der Waals surface area contributed by atoms with Crippen LogP contribution in [-0.4, -0.2) is 36.9 Å². The van der Waals surface area contributed by atoms with Crippen molar-refractivity contribution < 1.29 is 23.8 Å². The van der Waals surface area contributed by atoms with E-state index in [9.17, 15) is 9.59 Å². The summed E-state index contributed by atoms with van der Waals surface area (Å²) in [5.74, 6) is 1.57. The smallest absolute Gasteiger partial charge is 0.303 e. The molecular formula is C12H14O5. The molecule has 0 bridgehead atoms. The third-order valence-electron chi connectivity index (χ3n) is 2.05. The van der Waals surface area contributed by atoms with Crippen molar-refractivity contribution in [3.05, 3.63) is 12.2 Å². The van der Waals surface area contributed by atoms with E-state index in [2.05, 4.69) is 5.92 Å². The molecule has 0 saturated carbocycles. The fourth-order valence-electron chi connectivity index (χ4n) is 1.37. The van der Waals surface area contributed by atoms with Crippen molar-refractivity contribution in [2.75, 3.05) is 6.61 Å². The molecule has 0 spiro atoms. The fraction of sp³-hybridized carbons (Fsp3) is 0.500. The van der Waals surface area contributed by atoms with Crippen LogP contribution in [0, 0.1) is 12.3 Å². The van der Waals surface area contributed by atoms with E-state index in [-0.39, 0.29) is 12.6 Å². The maximum absolute atomic E-state index is 10.8. The molecule has 0 aliphatic carbocycles. The summed E-state index contributed by atoms with van der Waals surface area (Å²) in [7, 11) is 0. The molecule has 0 unspecified atom stereocenters. The van der Waals surface area contributed by atoms with Crippen molar-refractivity contribution in [1.82, 2.24) is 0 Å². The third kappa shape index (κ3) is 4.29. The van der Waals surface area contributed by atoms with Crippen molar-refractivity contribution in [3.63, 3.8) is 0 Å². The molecule has 0 saturated heterocycles. The van der Waals surface area contributed by atoms with Crippen molar-refractivity contribution >= 4 is 11.9 Å². The summed E-state index contributed by atoms with van der Waals surface area (Å²) in [6.45, 7) is 2.70. The summed E-state index contributed by atoms with van der Waals surface area (Å²) < 4.78 is 15.2. The zero-order valence-electron chi connectivity index (χ0n) is 9.71. The van der Waals surface area contributed by atoms with Gasteiger partial charge in [-0.25, -0.2) is 0 Å². The lowest BCUT2D eigenvalue weighted by Gasteiger charge is -2.28. The third-order valence-corrected chi connectivity index (χ3v) is 2.05. The molecule has 1 heterocycles. The SMILES string of the molecule is C#C[C@H]1O[C@H](COC(C)=O)C=C[C@H]1OC(C)=O. The van der Waals surface area contributed by atoms with Gasteiger partial charge in [-0.15, -0.1) is 6.42 Å². The van der Waals surface area contributed by atoms with Crippen LogP contribution in [0.25, 0.3) is 0 Å². The van der Waals surface area contributed by atoms with E-state index in [4.69, 9.17) is 20.6 Å². The standard InChI is InChI=1S/C12H14O5/c1-4-11-12(16-9(3)14)6-5-10(17-11)7-15-8(2)13/h1,5-6,10-12H,7H2,2-3H3/t10-,11+,12+/m0/s1. The molecule has 0 amide bonds. The second kappa shape index (κ2) is 6.06. The van der Waals surface area contributed by atoms with Crippen molar-refractivity contribution in [3.8, 4) is 12.3 Å². The molecule has 5 heteroatoms. The maximum Gasteiger partial charge on any atom is 0.303 e. The summed E-state index contributed by atoms with van der Waals surface area (Å²) in [6, 6.07) is 0. The molecule has 0 fully saturated rings. The number of esters is 2. The fourth-order valence-corrected chi connectivity index (χ4v) is 1.37. The highest BCUT2D eigenvalue weighted by Gasteiger charge is 2.28. The molecule has 0 aromatic heterocycles. The summed E-state index contributed by atoms with van der Waals surface area (Å²) >= 11 is 0. The predicted molar refractivity (Wildman–Crippen MR) is 58.8 cm³/mol. The van der Waals surface area contributed by atoms with Crippen LogP contribution in [0.5, 0.6) is 0 Å². The molecule has 17 heavy (non-hydrogen) atoms. The van der Waals surface area contributed by atoms with Gasteiger partial charge in [-0.2, -0.15) is 0 Å². The zero-order chi connectivity index (χ0) is 12.8. The van der Waals surface area contributed by atoms with Crippen LogP contribution in [0.2, 0.25) is 0 Å². The van der Waals surface area contributed by atoms with E-state index in [1.165, 1.54) is 13.8 Å². The summed E-state index contributed by atoms with van der Waals surface area (Å²) in [4.78, 5) is 21.5. The van der Waals surface area contributed by atoms with E-state index in [1.54, 1.807) is 12.2 Å². The largest absolute Gasteiger partial charge is 0.463 e. The van der Waals surface area contributed by atoms with Gasteiger partial charge in [0.15, 0.2) is 12.2 Å². The van der Waals surface area contributed by atoms with Crippen LogP contribution < -0.4 is 0 Å². The Balaban J connectivity index is 2.58. The van der Waals surface area contributed by atoms with Gasteiger partial charge in [-0.3, -0.25) is 9.59 Å². The molecule has 0 radical (unpaired) electrons. The second-order valence-corrected chi connectivity index (χ2v) is 3.52. The Bertz CT molecular complexity index is 366. The van der Waals surface area contributed by atoms with E-state index in [0.717, 1.165) is 0 Å². The van der Waals surface area contributed by atoms with Gasteiger partial charge in [0.2, 0.25) is 0 Å².